The standard InChI is InChI=1S/C19H33N5O.HI/c1-5-22(6-2)16(3)15-21-19(20-4)24-13-11-23(12-14-24)17-9-7-8-10-18(17)25;/h7-10,16,25H,5-6,11-15H2,1-4H3,(H,20,21);1H. The fourth-order valence-electron chi connectivity index (χ4n) is 3.44. The van der Waals surface area contributed by atoms with Crippen LogP contribution in [0.25, 0.3) is 0 Å². The maximum atomic E-state index is 10.0. The average molecular weight is 475 g/mol. The number of anilines is 1. The molecule has 1 atom stereocenters. The van der Waals surface area contributed by atoms with Crippen molar-refractivity contribution in [2.45, 2.75) is 26.8 Å². The first-order valence-electron chi connectivity index (χ1n) is 9.33. The number of nitrogens with zero attached hydrogens (tertiary/aromatic N) is 4. The zero-order chi connectivity index (χ0) is 18.2. The maximum absolute atomic E-state index is 10.0. The van der Waals surface area contributed by atoms with Crippen molar-refractivity contribution in [2.24, 2.45) is 4.99 Å². The highest BCUT2D eigenvalue weighted by Crippen LogP contribution is 2.27. The third-order valence-electron chi connectivity index (χ3n) is 5.00. The lowest BCUT2D eigenvalue weighted by Crippen LogP contribution is -2.54. The molecule has 7 heteroatoms. The minimum absolute atomic E-state index is 0. The summed E-state index contributed by atoms with van der Waals surface area (Å²) < 4.78 is 0. The Morgan fingerprint density at radius 1 is 1.19 bits per heavy atom. The van der Waals surface area contributed by atoms with Crippen LogP contribution in [0.1, 0.15) is 20.8 Å². The number of hydrogen-bond donors (Lipinski definition) is 2. The van der Waals surface area contributed by atoms with E-state index in [4.69, 9.17) is 0 Å². The number of para-hydroxylation sites is 2. The van der Waals surface area contributed by atoms with E-state index < -0.39 is 0 Å². The van der Waals surface area contributed by atoms with Crippen molar-refractivity contribution >= 4 is 35.6 Å². The first kappa shape index (κ1) is 22.8. The molecule has 148 valence electrons. The Bertz CT molecular complexity index is 557. The molecule has 1 fully saturated rings. The molecule has 1 heterocycles. The number of nitrogens with one attached hydrogen (secondary N) is 1. The highest BCUT2D eigenvalue weighted by molar-refractivity contribution is 14.0. The summed E-state index contributed by atoms with van der Waals surface area (Å²) in [5, 5.41) is 13.6. The van der Waals surface area contributed by atoms with Crippen molar-refractivity contribution in [3.63, 3.8) is 0 Å². The van der Waals surface area contributed by atoms with Crippen LogP contribution in [0.4, 0.5) is 5.69 Å². The summed E-state index contributed by atoms with van der Waals surface area (Å²) in [6.07, 6.45) is 0. The Morgan fingerprint density at radius 2 is 1.81 bits per heavy atom. The zero-order valence-corrected chi connectivity index (χ0v) is 18.8. The number of rotatable bonds is 6. The van der Waals surface area contributed by atoms with Crippen LogP contribution in [0.3, 0.4) is 0 Å². The van der Waals surface area contributed by atoms with Gasteiger partial charge in [-0.15, -0.1) is 24.0 Å². The second kappa shape index (κ2) is 11.5. The topological polar surface area (TPSA) is 54.3 Å². The number of hydrogen-bond acceptors (Lipinski definition) is 4. The predicted molar refractivity (Wildman–Crippen MR) is 121 cm³/mol. The third-order valence-corrected chi connectivity index (χ3v) is 5.00. The molecule has 0 spiro atoms. The monoisotopic (exact) mass is 475 g/mol. The smallest absolute Gasteiger partial charge is 0.193 e. The van der Waals surface area contributed by atoms with E-state index in [0.717, 1.165) is 57.5 Å². The highest BCUT2D eigenvalue weighted by Gasteiger charge is 2.21. The first-order valence-corrected chi connectivity index (χ1v) is 9.33. The van der Waals surface area contributed by atoms with Crippen LogP contribution >= 0.6 is 24.0 Å². The molecule has 1 unspecified atom stereocenters. The number of phenols is 1. The minimum atomic E-state index is 0. The van der Waals surface area contributed by atoms with Gasteiger partial charge in [0.25, 0.3) is 0 Å². The van der Waals surface area contributed by atoms with Gasteiger partial charge in [0.1, 0.15) is 5.75 Å². The molecule has 1 aliphatic rings. The lowest BCUT2D eigenvalue weighted by atomic mass is 10.2. The number of likely N-dealkylation sites (N-methyl/N-ethyl adjacent to an activating group) is 1. The number of benzene rings is 1. The van der Waals surface area contributed by atoms with Crippen molar-refractivity contribution in [3.05, 3.63) is 24.3 Å². The summed E-state index contributed by atoms with van der Waals surface area (Å²) in [4.78, 5) is 11.4. The van der Waals surface area contributed by atoms with Gasteiger partial charge < -0.3 is 20.2 Å². The van der Waals surface area contributed by atoms with Crippen LogP contribution in [0, 0.1) is 0 Å². The van der Waals surface area contributed by atoms with E-state index in [1.807, 2.05) is 25.2 Å². The quantitative estimate of drug-likeness (QED) is 0.376. The number of halogens is 1. The van der Waals surface area contributed by atoms with Crippen LogP contribution in [-0.2, 0) is 0 Å². The molecule has 1 aliphatic heterocycles. The SMILES string of the molecule is CCN(CC)C(C)CNC(=NC)N1CCN(c2ccccc2O)CC1.I. The summed E-state index contributed by atoms with van der Waals surface area (Å²) in [6.45, 7) is 13.2. The predicted octanol–water partition coefficient (Wildman–Crippen LogP) is 2.44. The lowest BCUT2D eigenvalue weighted by molar-refractivity contribution is 0.229. The second-order valence-electron chi connectivity index (χ2n) is 6.46. The fraction of sp³-hybridized carbons (Fsp3) is 0.632. The van der Waals surface area contributed by atoms with Crippen molar-refractivity contribution in [2.75, 3.05) is 57.8 Å². The molecule has 0 saturated carbocycles. The van der Waals surface area contributed by atoms with Crippen LogP contribution < -0.4 is 10.2 Å². The zero-order valence-electron chi connectivity index (χ0n) is 16.5. The molecule has 2 rings (SSSR count). The fourth-order valence-corrected chi connectivity index (χ4v) is 3.44. The molecule has 1 aromatic carbocycles. The van der Waals surface area contributed by atoms with Crippen LogP contribution in [-0.4, -0.2) is 79.8 Å². The summed E-state index contributed by atoms with van der Waals surface area (Å²) in [5.41, 5.74) is 0.917. The molecule has 0 aromatic heterocycles. The largest absolute Gasteiger partial charge is 0.506 e. The van der Waals surface area contributed by atoms with Gasteiger partial charge in [-0.05, 0) is 32.1 Å². The lowest BCUT2D eigenvalue weighted by Gasteiger charge is -2.38. The molecule has 1 saturated heterocycles. The van der Waals surface area contributed by atoms with Gasteiger partial charge in [-0.2, -0.15) is 0 Å². The van der Waals surface area contributed by atoms with Gasteiger partial charge >= 0.3 is 0 Å². The van der Waals surface area contributed by atoms with Gasteiger partial charge in [0, 0.05) is 45.8 Å². The molecular weight excluding hydrogens is 441 g/mol. The van der Waals surface area contributed by atoms with Crippen LogP contribution in [0.2, 0.25) is 0 Å². The summed E-state index contributed by atoms with van der Waals surface area (Å²) in [7, 11) is 1.85. The van der Waals surface area contributed by atoms with E-state index in [2.05, 4.69) is 45.8 Å². The van der Waals surface area contributed by atoms with Gasteiger partial charge in [-0.1, -0.05) is 26.0 Å². The maximum Gasteiger partial charge on any atom is 0.193 e. The van der Waals surface area contributed by atoms with E-state index in [1.54, 1.807) is 6.07 Å². The Morgan fingerprint density at radius 3 is 2.35 bits per heavy atom. The van der Waals surface area contributed by atoms with E-state index in [9.17, 15) is 5.11 Å². The Labute approximate surface area is 175 Å². The molecule has 6 nitrogen and oxygen atoms in total. The van der Waals surface area contributed by atoms with E-state index in [1.165, 1.54) is 0 Å². The van der Waals surface area contributed by atoms with Crippen LogP contribution in [0.5, 0.6) is 5.75 Å². The molecule has 0 radical (unpaired) electrons. The first-order chi connectivity index (χ1) is 12.1. The summed E-state index contributed by atoms with van der Waals surface area (Å²) in [5.74, 6) is 1.32. The van der Waals surface area contributed by atoms with Gasteiger partial charge in [0.15, 0.2) is 5.96 Å². The Kier molecular flexibility index (Phi) is 10.1. The molecule has 0 bridgehead atoms. The Hall–Kier alpha value is -1.22. The normalized spacial score (nSPS) is 16.4. The number of aromatic hydroxyl groups is 1. The molecule has 2 N–H and O–H groups in total. The van der Waals surface area contributed by atoms with Crippen molar-refractivity contribution < 1.29 is 5.11 Å². The summed E-state index contributed by atoms with van der Waals surface area (Å²) >= 11 is 0. The number of piperazine rings is 1. The number of guanidine groups is 1. The third kappa shape index (κ3) is 5.90. The van der Waals surface area contributed by atoms with Crippen molar-refractivity contribution in [3.8, 4) is 5.75 Å². The second-order valence-corrected chi connectivity index (χ2v) is 6.46. The van der Waals surface area contributed by atoms with E-state index in [-0.39, 0.29) is 24.0 Å². The molecular formula is C19H34IN5O. The Balaban J connectivity index is 0.00000338. The van der Waals surface area contributed by atoms with Crippen molar-refractivity contribution in [1.82, 2.24) is 15.1 Å². The highest BCUT2D eigenvalue weighted by atomic mass is 127. The van der Waals surface area contributed by atoms with E-state index in [0.29, 0.717) is 11.8 Å². The average Bonchev–Trinajstić information content (AvgIpc) is 2.64. The molecule has 0 aliphatic carbocycles. The van der Waals surface area contributed by atoms with Gasteiger partial charge in [0.05, 0.1) is 5.69 Å². The van der Waals surface area contributed by atoms with Gasteiger partial charge in [0.2, 0.25) is 0 Å². The van der Waals surface area contributed by atoms with Gasteiger partial charge in [-0.25, -0.2) is 0 Å². The summed E-state index contributed by atoms with van der Waals surface area (Å²) in [6, 6.07) is 8.03. The number of phenolic OH excluding ortho intramolecular Hbond substituents is 1. The van der Waals surface area contributed by atoms with Crippen LogP contribution in [0.15, 0.2) is 29.3 Å². The molecule has 0 amide bonds. The van der Waals surface area contributed by atoms with E-state index >= 15 is 0 Å². The minimum Gasteiger partial charge on any atom is -0.506 e. The molecule has 1 aromatic rings. The molecule has 26 heavy (non-hydrogen) atoms. The number of aliphatic imine (C=N–C) groups is 1. The van der Waals surface area contributed by atoms with Crippen molar-refractivity contribution in [1.29, 1.82) is 0 Å². The van der Waals surface area contributed by atoms with Gasteiger partial charge in [-0.3, -0.25) is 9.89 Å².